The fourth-order valence-corrected chi connectivity index (χ4v) is 1.95. The van der Waals surface area contributed by atoms with E-state index in [4.69, 9.17) is 10.8 Å². The highest BCUT2D eigenvalue weighted by Crippen LogP contribution is 2.08. The highest BCUT2D eigenvalue weighted by Gasteiger charge is 2.08. The fraction of sp³-hybridized carbons (Fsp3) is 0.667. The van der Waals surface area contributed by atoms with Crippen molar-refractivity contribution in [3.05, 3.63) is 36.5 Å². The second kappa shape index (κ2) is 15.5. The van der Waals surface area contributed by atoms with Crippen LogP contribution in [0.25, 0.3) is 0 Å². The summed E-state index contributed by atoms with van der Waals surface area (Å²) in [6, 6.07) is -0.609. The van der Waals surface area contributed by atoms with Gasteiger partial charge in [0.05, 0.1) is 18.8 Å². The van der Waals surface area contributed by atoms with E-state index in [2.05, 4.69) is 13.0 Å². The minimum absolute atomic E-state index is 0.215. The van der Waals surface area contributed by atoms with Gasteiger partial charge in [-0.15, -0.1) is 0 Å². The number of allylic oxidation sites excluding steroid dienone is 5. The first-order valence-electron chi connectivity index (χ1n) is 8.26. The monoisotopic (exact) mass is 295 g/mol. The van der Waals surface area contributed by atoms with Crippen LogP contribution in [0.2, 0.25) is 0 Å². The molecule has 1 unspecified atom stereocenters. The molecule has 0 radical (unpaired) electrons. The van der Waals surface area contributed by atoms with Crippen LogP contribution in [-0.4, -0.2) is 29.0 Å². The average molecular weight is 295 g/mol. The van der Waals surface area contributed by atoms with E-state index in [9.17, 15) is 5.11 Å². The molecule has 3 heteroatoms. The molecule has 0 spiro atoms. The molecule has 0 bridgehead atoms. The number of aliphatic hydroxyl groups excluding tert-OH is 2. The molecule has 0 heterocycles. The molecule has 2 atom stereocenters. The summed E-state index contributed by atoms with van der Waals surface area (Å²) in [4.78, 5) is 0. The van der Waals surface area contributed by atoms with Crippen molar-refractivity contribution in [1.29, 1.82) is 0 Å². The second-order valence-electron chi connectivity index (χ2n) is 5.44. The summed E-state index contributed by atoms with van der Waals surface area (Å²) in [6.07, 6.45) is 21.0. The molecular weight excluding hydrogens is 262 g/mol. The Kier molecular flexibility index (Phi) is 14.8. The molecule has 3 nitrogen and oxygen atoms in total. The van der Waals surface area contributed by atoms with Gasteiger partial charge in [0.1, 0.15) is 0 Å². The van der Waals surface area contributed by atoms with Crippen LogP contribution in [0.3, 0.4) is 0 Å². The van der Waals surface area contributed by atoms with Gasteiger partial charge >= 0.3 is 0 Å². The molecule has 0 aromatic rings. The maximum atomic E-state index is 9.47. The highest BCUT2D eigenvalue weighted by atomic mass is 16.3. The van der Waals surface area contributed by atoms with Gasteiger partial charge in [-0.3, -0.25) is 0 Å². The molecule has 0 aliphatic rings. The lowest BCUT2D eigenvalue weighted by Crippen LogP contribution is -2.36. The quantitative estimate of drug-likeness (QED) is 0.360. The molecule has 0 aliphatic carbocycles. The van der Waals surface area contributed by atoms with Crippen LogP contribution in [0.15, 0.2) is 36.5 Å². The van der Waals surface area contributed by atoms with E-state index in [0.717, 1.165) is 6.42 Å². The van der Waals surface area contributed by atoms with E-state index >= 15 is 0 Å². The first-order chi connectivity index (χ1) is 10.2. The van der Waals surface area contributed by atoms with Gasteiger partial charge in [0.2, 0.25) is 0 Å². The van der Waals surface area contributed by atoms with Gasteiger partial charge in [-0.1, -0.05) is 81.9 Å². The Bertz CT molecular complexity index is 298. The van der Waals surface area contributed by atoms with Gasteiger partial charge in [0, 0.05) is 0 Å². The zero-order valence-electron chi connectivity index (χ0n) is 13.5. The summed E-state index contributed by atoms with van der Waals surface area (Å²) in [5.74, 6) is 0. The zero-order chi connectivity index (χ0) is 15.8. The molecule has 122 valence electrons. The average Bonchev–Trinajstić information content (AvgIpc) is 2.50. The minimum atomic E-state index is -0.795. The summed E-state index contributed by atoms with van der Waals surface area (Å²) in [5.41, 5.74) is 5.47. The van der Waals surface area contributed by atoms with E-state index < -0.39 is 12.1 Å². The standard InChI is InChI=1S/C18H33NO2/c1-2-3-4-5-6-7-8-9-10-11-12-13-14-15-18(21)17(19)16-20/h10-15,17-18,20-21H,2-9,16,19H2,1H3/t17-,18?/m0/s1. The van der Waals surface area contributed by atoms with Crippen molar-refractivity contribution in [3.8, 4) is 0 Å². The van der Waals surface area contributed by atoms with E-state index in [1.807, 2.05) is 18.2 Å². The van der Waals surface area contributed by atoms with E-state index in [-0.39, 0.29) is 6.61 Å². The molecule has 0 saturated heterocycles. The topological polar surface area (TPSA) is 66.5 Å². The van der Waals surface area contributed by atoms with Crippen molar-refractivity contribution in [1.82, 2.24) is 0 Å². The van der Waals surface area contributed by atoms with Crippen molar-refractivity contribution in [2.75, 3.05) is 6.61 Å². The third kappa shape index (κ3) is 13.8. The number of hydrogen-bond acceptors (Lipinski definition) is 3. The van der Waals surface area contributed by atoms with Crippen LogP contribution < -0.4 is 5.73 Å². The Morgan fingerprint density at radius 3 is 2.19 bits per heavy atom. The molecule has 0 rings (SSSR count). The number of nitrogens with two attached hydrogens (primary N) is 1. The van der Waals surface area contributed by atoms with Crippen molar-refractivity contribution in [2.45, 2.75) is 70.4 Å². The summed E-state index contributed by atoms with van der Waals surface area (Å²) < 4.78 is 0. The number of aliphatic hydroxyl groups is 2. The highest BCUT2D eigenvalue weighted by molar-refractivity contribution is 5.12. The smallest absolute Gasteiger partial charge is 0.0897 e. The molecule has 4 N–H and O–H groups in total. The van der Waals surface area contributed by atoms with E-state index in [1.54, 1.807) is 12.2 Å². The second-order valence-corrected chi connectivity index (χ2v) is 5.44. The largest absolute Gasteiger partial charge is 0.395 e. The van der Waals surface area contributed by atoms with Gasteiger partial charge in [0.15, 0.2) is 0 Å². The summed E-state index contributed by atoms with van der Waals surface area (Å²) in [5, 5.41) is 18.2. The molecule has 0 amide bonds. The van der Waals surface area contributed by atoms with Crippen LogP contribution >= 0.6 is 0 Å². The molecule has 0 saturated carbocycles. The SMILES string of the molecule is CCCCCCCCCC=CC=CC=CC(O)[C@@H](N)CO. The van der Waals surface area contributed by atoms with Gasteiger partial charge in [-0.25, -0.2) is 0 Å². The number of hydrogen-bond donors (Lipinski definition) is 3. The van der Waals surface area contributed by atoms with Crippen molar-refractivity contribution in [2.24, 2.45) is 5.73 Å². The molecule has 0 aromatic heterocycles. The predicted octanol–water partition coefficient (Wildman–Crippen LogP) is 3.48. The van der Waals surface area contributed by atoms with Crippen molar-refractivity contribution < 1.29 is 10.2 Å². The van der Waals surface area contributed by atoms with Gasteiger partial charge < -0.3 is 15.9 Å². The Labute approximate surface area is 130 Å². The Hall–Kier alpha value is -0.900. The lowest BCUT2D eigenvalue weighted by atomic mass is 10.1. The zero-order valence-corrected chi connectivity index (χ0v) is 13.5. The lowest BCUT2D eigenvalue weighted by Gasteiger charge is -2.11. The van der Waals surface area contributed by atoms with E-state index in [1.165, 1.54) is 44.9 Å². The van der Waals surface area contributed by atoms with Gasteiger partial charge in [0.25, 0.3) is 0 Å². The predicted molar refractivity (Wildman–Crippen MR) is 91.1 cm³/mol. The van der Waals surface area contributed by atoms with Crippen LogP contribution in [0.4, 0.5) is 0 Å². The Balaban J connectivity index is 3.50. The van der Waals surface area contributed by atoms with Crippen LogP contribution in [0.1, 0.15) is 58.3 Å². The summed E-state index contributed by atoms with van der Waals surface area (Å²) in [7, 11) is 0. The van der Waals surface area contributed by atoms with Crippen molar-refractivity contribution >= 4 is 0 Å². The minimum Gasteiger partial charge on any atom is -0.395 e. The third-order valence-electron chi connectivity index (χ3n) is 3.40. The molecule has 21 heavy (non-hydrogen) atoms. The maximum Gasteiger partial charge on any atom is 0.0897 e. The number of rotatable bonds is 13. The van der Waals surface area contributed by atoms with Crippen LogP contribution in [0, 0.1) is 0 Å². The van der Waals surface area contributed by atoms with Crippen molar-refractivity contribution in [3.63, 3.8) is 0 Å². The molecule has 0 aromatic carbocycles. The molecular formula is C18H33NO2. The van der Waals surface area contributed by atoms with Gasteiger partial charge in [-0.2, -0.15) is 0 Å². The summed E-state index contributed by atoms with van der Waals surface area (Å²) >= 11 is 0. The van der Waals surface area contributed by atoms with Gasteiger partial charge in [-0.05, 0) is 12.8 Å². The van der Waals surface area contributed by atoms with E-state index in [0.29, 0.717) is 0 Å². The lowest BCUT2D eigenvalue weighted by molar-refractivity contribution is 0.144. The molecule has 0 fully saturated rings. The molecule has 0 aliphatic heterocycles. The Morgan fingerprint density at radius 2 is 1.52 bits per heavy atom. The summed E-state index contributed by atoms with van der Waals surface area (Å²) in [6.45, 7) is 2.03. The van der Waals surface area contributed by atoms with Crippen LogP contribution in [0.5, 0.6) is 0 Å². The fourth-order valence-electron chi connectivity index (χ4n) is 1.95. The maximum absolute atomic E-state index is 9.47. The normalized spacial score (nSPS) is 15.4. The number of unbranched alkanes of at least 4 members (excludes halogenated alkanes) is 7. The van der Waals surface area contributed by atoms with Crippen LogP contribution in [-0.2, 0) is 0 Å². The first kappa shape index (κ1) is 20.1. The Morgan fingerprint density at radius 1 is 0.905 bits per heavy atom. The first-order valence-corrected chi connectivity index (χ1v) is 8.26. The third-order valence-corrected chi connectivity index (χ3v) is 3.40.